The van der Waals surface area contributed by atoms with E-state index in [1.165, 1.54) is 6.26 Å². The minimum atomic E-state index is -2.94. The van der Waals surface area contributed by atoms with Crippen molar-refractivity contribution < 1.29 is 17.9 Å². The number of rotatable bonds is 5. The molecule has 1 fully saturated rings. The van der Waals surface area contributed by atoms with Crippen LogP contribution in [-0.2, 0) is 19.4 Å². The standard InChI is InChI=1S/C9H16O4S/c1-14(11,12)7-3-4-8(10)9-5-2-6-13-9/h9H,2-7H2,1H3. The fourth-order valence-electron chi connectivity index (χ4n) is 1.50. The van der Waals surface area contributed by atoms with Gasteiger partial charge in [-0.2, -0.15) is 0 Å². The Morgan fingerprint density at radius 1 is 1.50 bits per heavy atom. The zero-order valence-electron chi connectivity index (χ0n) is 8.36. The third kappa shape index (κ3) is 4.19. The number of hydrogen-bond donors (Lipinski definition) is 0. The summed E-state index contributed by atoms with van der Waals surface area (Å²) in [5.41, 5.74) is 0. The lowest BCUT2D eigenvalue weighted by Crippen LogP contribution is -2.19. The summed E-state index contributed by atoms with van der Waals surface area (Å²) in [6.07, 6.45) is 3.37. The third-order valence-corrected chi connectivity index (χ3v) is 3.26. The molecule has 82 valence electrons. The Bertz CT molecular complexity index is 288. The predicted molar refractivity (Wildman–Crippen MR) is 52.9 cm³/mol. The van der Waals surface area contributed by atoms with Gasteiger partial charge in [0.1, 0.15) is 15.9 Å². The van der Waals surface area contributed by atoms with Gasteiger partial charge in [-0.3, -0.25) is 4.79 Å². The van der Waals surface area contributed by atoms with Crippen LogP contribution in [0, 0.1) is 0 Å². The Hall–Kier alpha value is -0.420. The van der Waals surface area contributed by atoms with Crippen molar-refractivity contribution in [3.8, 4) is 0 Å². The molecular formula is C9H16O4S. The zero-order valence-corrected chi connectivity index (χ0v) is 9.18. The number of ketones is 1. The van der Waals surface area contributed by atoms with E-state index in [2.05, 4.69) is 0 Å². The SMILES string of the molecule is CS(=O)(=O)CCCC(=O)C1CCCO1. The molecule has 14 heavy (non-hydrogen) atoms. The van der Waals surface area contributed by atoms with E-state index >= 15 is 0 Å². The van der Waals surface area contributed by atoms with Gasteiger partial charge in [-0.1, -0.05) is 0 Å². The van der Waals surface area contributed by atoms with Gasteiger partial charge >= 0.3 is 0 Å². The van der Waals surface area contributed by atoms with Gasteiger partial charge in [-0.25, -0.2) is 8.42 Å². The van der Waals surface area contributed by atoms with Gasteiger partial charge < -0.3 is 4.74 Å². The smallest absolute Gasteiger partial charge is 0.161 e. The van der Waals surface area contributed by atoms with Crippen molar-refractivity contribution in [1.29, 1.82) is 0 Å². The molecule has 5 heteroatoms. The van der Waals surface area contributed by atoms with Crippen molar-refractivity contribution in [2.24, 2.45) is 0 Å². The van der Waals surface area contributed by atoms with Crippen LogP contribution < -0.4 is 0 Å². The van der Waals surface area contributed by atoms with E-state index < -0.39 is 9.84 Å². The second-order valence-corrected chi connectivity index (χ2v) is 5.96. The molecule has 0 aliphatic carbocycles. The lowest BCUT2D eigenvalue weighted by Gasteiger charge is -2.06. The fourth-order valence-corrected chi connectivity index (χ4v) is 2.17. The summed E-state index contributed by atoms with van der Waals surface area (Å²) in [5, 5.41) is 0. The molecule has 0 aromatic rings. The summed E-state index contributed by atoms with van der Waals surface area (Å²) >= 11 is 0. The number of hydrogen-bond acceptors (Lipinski definition) is 4. The fraction of sp³-hybridized carbons (Fsp3) is 0.889. The monoisotopic (exact) mass is 220 g/mol. The van der Waals surface area contributed by atoms with Crippen molar-refractivity contribution in [2.45, 2.75) is 31.8 Å². The first-order chi connectivity index (χ1) is 6.49. The average molecular weight is 220 g/mol. The molecule has 4 nitrogen and oxygen atoms in total. The van der Waals surface area contributed by atoms with E-state index in [-0.39, 0.29) is 17.6 Å². The number of ether oxygens (including phenoxy) is 1. The first-order valence-electron chi connectivity index (χ1n) is 4.81. The van der Waals surface area contributed by atoms with Crippen LogP contribution in [0.5, 0.6) is 0 Å². The first-order valence-corrected chi connectivity index (χ1v) is 6.87. The summed E-state index contributed by atoms with van der Waals surface area (Å²) in [6.45, 7) is 0.655. The quantitative estimate of drug-likeness (QED) is 0.679. The van der Waals surface area contributed by atoms with E-state index in [0.717, 1.165) is 12.8 Å². The van der Waals surface area contributed by atoms with Crippen LogP contribution in [0.1, 0.15) is 25.7 Å². The molecule has 1 saturated heterocycles. The van der Waals surface area contributed by atoms with E-state index in [9.17, 15) is 13.2 Å². The molecule has 0 aromatic carbocycles. The molecule has 0 aromatic heterocycles. The summed E-state index contributed by atoms with van der Waals surface area (Å²) in [6, 6.07) is 0. The highest BCUT2D eigenvalue weighted by Gasteiger charge is 2.22. The molecule has 1 rings (SSSR count). The van der Waals surface area contributed by atoms with E-state index in [4.69, 9.17) is 4.74 Å². The highest BCUT2D eigenvalue weighted by atomic mass is 32.2. The molecule has 0 saturated carbocycles. The van der Waals surface area contributed by atoms with E-state index in [1.807, 2.05) is 0 Å². The second-order valence-electron chi connectivity index (χ2n) is 3.70. The van der Waals surface area contributed by atoms with Crippen LogP contribution in [0.3, 0.4) is 0 Å². The molecular weight excluding hydrogens is 204 g/mol. The Labute approximate surface area is 84.6 Å². The maximum absolute atomic E-state index is 11.4. The average Bonchev–Trinajstić information content (AvgIpc) is 2.53. The van der Waals surface area contributed by atoms with Gasteiger partial charge in [-0.15, -0.1) is 0 Å². The van der Waals surface area contributed by atoms with Crippen molar-refractivity contribution in [2.75, 3.05) is 18.6 Å². The number of carbonyl (C=O) groups excluding carboxylic acids is 1. The van der Waals surface area contributed by atoms with E-state index in [1.54, 1.807) is 0 Å². The van der Waals surface area contributed by atoms with Gasteiger partial charge in [0.2, 0.25) is 0 Å². The lowest BCUT2D eigenvalue weighted by molar-refractivity contribution is -0.127. The van der Waals surface area contributed by atoms with Crippen LogP contribution in [0.15, 0.2) is 0 Å². The maximum atomic E-state index is 11.4. The van der Waals surface area contributed by atoms with Gasteiger partial charge in [0, 0.05) is 19.3 Å². The maximum Gasteiger partial charge on any atom is 0.161 e. The molecule has 1 unspecified atom stereocenters. The number of carbonyl (C=O) groups is 1. The molecule has 0 radical (unpaired) electrons. The van der Waals surface area contributed by atoms with Crippen LogP contribution >= 0.6 is 0 Å². The summed E-state index contributed by atoms with van der Waals surface area (Å²) in [4.78, 5) is 11.4. The molecule has 1 aliphatic rings. The Kier molecular flexibility index (Phi) is 4.07. The third-order valence-electron chi connectivity index (χ3n) is 2.23. The van der Waals surface area contributed by atoms with Crippen LogP contribution in [-0.4, -0.2) is 38.9 Å². The Balaban J connectivity index is 2.21. The van der Waals surface area contributed by atoms with Gasteiger partial charge in [0.25, 0.3) is 0 Å². The van der Waals surface area contributed by atoms with Crippen molar-refractivity contribution in [3.05, 3.63) is 0 Å². The molecule has 0 N–H and O–H groups in total. The minimum Gasteiger partial charge on any atom is -0.370 e. The minimum absolute atomic E-state index is 0.0474. The Morgan fingerprint density at radius 2 is 2.21 bits per heavy atom. The normalized spacial score (nSPS) is 22.5. The Morgan fingerprint density at radius 3 is 2.71 bits per heavy atom. The highest BCUT2D eigenvalue weighted by Crippen LogP contribution is 2.15. The zero-order chi connectivity index (χ0) is 10.6. The molecule has 0 spiro atoms. The predicted octanol–water partition coefficient (Wildman–Crippen LogP) is 0.559. The van der Waals surface area contributed by atoms with Gasteiger partial charge in [-0.05, 0) is 19.3 Å². The van der Waals surface area contributed by atoms with Crippen LogP contribution in [0.2, 0.25) is 0 Å². The largest absolute Gasteiger partial charge is 0.370 e. The van der Waals surface area contributed by atoms with Crippen molar-refractivity contribution in [3.63, 3.8) is 0 Å². The van der Waals surface area contributed by atoms with Crippen LogP contribution in [0.25, 0.3) is 0 Å². The lowest BCUT2D eigenvalue weighted by atomic mass is 10.1. The van der Waals surface area contributed by atoms with Gasteiger partial charge in [0.15, 0.2) is 5.78 Å². The summed E-state index contributed by atoms with van der Waals surface area (Å²) in [7, 11) is -2.94. The molecule has 1 aliphatic heterocycles. The van der Waals surface area contributed by atoms with Crippen molar-refractivity contribution in [1.82, 2.24) is 0 Å². The number of Topliss-reactive ketones (excluding diaryl/α,β-unsaturated/α-hetero) is 1. The number of sulfone groups is 1. The summed E-state index contributed by atoms with van der Waals surface area (Å²) < 4.78 is 26.8. The van der Waals surface area contributed by atoms with Crippen molar-refractivity contribution >= 4 is 15.6 Å². The molecule has 0 amide bonds. The summed E-state index contributed by atoms with van der Waals surface area (Å²) in [5.74, 6) is 0.136. The second kappa shape index (κ2) is 4.89. The highest BCUT2D eigenvalue weighted by molar-refractivity contribution is 7.90. The molecule has 1 atom stereocenters. The first kappa shape index (κ1) is 11.7. The van der Waals surface area contributed by atoms with Crippen LogP contribution in [0.4, 0.5) is 0 Å². The van der Waals surface area contributed by atoms with Gasteiger partial charge in [0.05, 0.1) is 5.75 Å². The molecule has 0 bridgehead atoms. The molecule has 1 heterocycles. The topological polar surface area (TPSA) is 60.4 Å². The van der Waals surface area contributed by atoms with E-state index in [0.29, 0.717) is 19.4 Å².